The molecule has 1 spiro atoms. The van der Waals surface area contributed by atoms with Crippen LogP contribution in [0, 0.1) is 5.92 Å². The molecule has 1 saturated heterocycles. The zero-order valence-electron chi connectivity index (χ0n) is 20.1. The number of carbonyl (C=O) groups is 4. The number of ether oxygens (including phenoxy) is 1. The van der Waals surface area contributed by atoms with Crippen LogP contribution in [-0.4, -0.2) is 47.0 Å². The van der Waals surface area contributed by atoms with E-state index < -0.39 is 35.4 Å². The van der Waals surface area contributed by atoms with E-state index >= 15 is 0 Å². The number of carbonyl (C=O) groups excluding carboxylic acids is 3. The third kappa shape index (κ3) is 5.05. The molecule has 3 N–H and O–H groups in total. The van der Waals surface area contributed by atoms with Crippen LogP contribution < -0.4 is 10.6 Å². The SMILES string of the molecule is O=C1Nc2ccc(Cl)cc2[C@@]2(CCN(C(=O)[C@H](Cc3ccccc3)C(=O)Nc3ccc(C(=O)O)cc3)C2)O1. The van der Waals surface area contributed by atoms with Crippen molar-refractivity contribution in [3.8, 4) is 0 Å². The summed E-state index contributed by atoms with van der Waals surface area (Å²) in [6.45, 7) is 0.364. The van der Waals surface area contributed by atoms with Crippen molar-refractivity contribution >= 4 is 46.9 Å². The van der Waals surface area contributed by atoms with Crippen LogP contribution in [-0.2, 0) is 26.3 Å². The van der Waals surface area contributed by atoms with Crippen LogP contribution in [0.5, 0.6) is 0 Å². The predicted octanol–water partition coefficient (Wildman–Crippen LogP) is 4.53. The second kappa shape index (κ2) is 10.2. The van der Waals surface area contributed by atoms with Crippen LogP contribution in [0.25, 0.3) is 0 Å². The molecule has 0 radical (unpaired) electrons. The van der Waals surface area contributed by atoms with E-state index in [1.807, 2.05) is 30.3 Å². The Balaban J connectivity index is 1.40. The van der Waals surface area contributed by atoms with Gasteiger partial charge in [0.15, 0.2) is 5.60 Å². The fourth-order valence-electron chi connectivity index (χ4n) is 4.93. The lowest BCUT2D eigenvalue weighted by Crippen LogP contribution is -2.45. The Morgan fingerprint density at radius 3 is 2.53 bits per heavy atom. The van der Waals surface area contributed by atoms with Crippen molar-refractivity contribution in [2.45, 2.75) is 18.4 Å². The van der Waals surface area contributed by atoms with Crippen LogP contribution in [0.2, 0.25) is 5.02 Å². The minimum atomic E-state index is -1.08. The van der Waals surface area contributed by atoms with Gasteiger partial charge in [0.2, 0.25) is 11.8 Å². The molecule has 3 aromatic rings. The third-order valence-electron chi connectivity index (χ3n) is 6.84. The molecule has 0 aliphatic carbocycles. The maximum absolute atomic E-state index is 13.8. The topological polar surface area (TPSA) is 125 Å². The first kappa shape index (κ1) is 25.3. The van der Waals surface area contributed by atoms with E-state index in [-0.39, 0.29) is 25.1 Å². The number of carboxylic acids is 1. The summed E-state index contributed by atoms with van der Waals surface area (Å²) in [4.78, 5) is 52.2. The summed E-state index contributed by atoms with van der Waals surface area (Å²) in [5.74, 6) is -3.07. The zero-order chi connectivity index (χ0) is 26.9. The lowest BCUT2D eigenvalue weighted by molar-refractivity contribution is -0.140. The van der Waals surface area contributed by atoms with Gasteiger partial charge < -0.3 is 20.1 Å². The molecule has 0 aromatic heterocycles. The number of likely N-dealkylation sites (tertiary alicyclic amines) is 1. The molecular formula is C28H24ClN3O6. The Hall–Kier alpha value is -4.37. The molecule has 10 heteroatoms. The second-order valence-electron chi connectivity index (χ2n) is 9.32. The number of aromatic carboxylic acids is 1. The third-order valence-corrected chi connectivity index (χ3v) is 7.07. The molecule has 0 saturated carbocycles. The quantitative estimate of drug-likeness (QED) is 0.400. The number of halogens is 1. The van der Waals surface area contributed by atoms with Gasteiger partial charge in [-0.2, -0.15) is 0 Å². The van der Waals surface area contributed by atoms with Crippen molar-refractivity contribution in [1.82, 2.24) is 4.90 Å². The maximum atomic E-state index is 13.8. The number of nitrogens with zero attached hydrogens (tertiary/aromatic N) is 1. The van der Waals surface area contributed by atoms with E-state index in [4.69, 9.17) is 21.4 Å². The number of hydrogen-bond donors (Lipinski definition) is 3. The molecule has 0 unspecified atom stereocenters. The maximum Gasteiger partial charge on any atom is 0.412 e. The molecule has 38 heavy (non-hydrogen) atoms. The molecule has 3 aromatic carbocycles. The highest BCUT2D eigenvalue weighted by molar-refractivity contribution is 6.30. The minimum Gasteiger partial charge on any atom is -0.478 e. The Kier molecular flexibility index (Phi) is 6.77. The smallest absolute Gasteiger partial charge is 0.412 e. The molecule has 0 bridgehead atoms. The lowest BCUT2D eigenvalue weighted by Gasteiger charge is -2.35. The molecule has 9 nitrogen and oxygen atoms in total. The van der Waals surface area contributed by atoms with Gasteiger partial charge in [0.05, 0.1) is 17.8 Å². The van der Waals surface area contributed by atoms with Crippen LogP contribution in [0.3, 0.4) is 0 Å². The van der Waals surface area contributed by atoms with Crippen molar-refractivity contribution in [1.29, 1.82) is 0 Å². The van der Waals surface area contributed by atoms with Crippen LogP contribution in [0.1, 0.15) is 27.9 Å². The summed E-state index contributed by atoms with van der Waals surface area (Å²) in [5, 5.41) is 15.0. The fraction of sp³-hybridized carbons (Fsp3) is 0.214. The normalized spacial score (nSPS) is 18.8. The van der Waals surface area contributed by atoms with Gasteiger partial charge in [-0.1, -0.05) is 41.9 Å². The molecule has 3 amide bonds. The van der Waals surface area contributed by atoms with Crippen LogP contribution >= 0.6 is 11.6 Å². The Morgan fingerprint density at radius 2 is 1.82 bits per heavy atom. The molecule has 2 aliphatic rings. The second-order valence-corrected chi connectivity index (χ2v) is 9.76. The highest BCUT2D eigenvalue weighted by Crippen LogP contribution is 2.44. The Bertz CT molecular complexity index is 1410. The van der Waals surface area contributed by atoms with Gasteiger partial charge in [0.1, 0.15) is 5.92 Å². The Labute approximate surface area is 223 Å². The highest BCUT2D eigenvalue weighted by Gasteiger charge is 2.50. The van der Waals surface area contributed by atoms with E-state index in [1.54, 1.807) is 23.1 Å². The standard InChI is InChI=1S/C28H24ClN3O6/c29-19-8-11-23-22(15-19)28(38-27(37)31-23)12-13-32(16-28)25(34)21(14-17-4-2-1-3-5-17)24(33)30-20-9-6-18(7-10-20)26(35)36/h1-11,15,21H,12-14,16H2,(H,30,33)(H,31,37)(H,35,36)/t21-,28+/m1/s1. The zero-order valence-corrected chi connectivity index (χ0v) is 20.9. The molecular weight excluding hydrogens is 510 g/mol. The molecule has 194 valence electrons. The van der Waals surface area contributed by atoms with Gasteiger partial charge >= 0.3 is 12.1 Å². The van der Waals surface area contributed by atoms with Gasteiger partial charge in [-0.05, 0) is 54.4 Å². The molecule has 5 rings (SSSR count). The molecule has 2 aliphatic heterocycles. The summed E-state index contributed by atoms with van der Waals surface area (Å²) < 4.78 is 5.73. The lowest BCUT2D eigenvalue weighted by atomic mass is 9.90. The molecule has 2 heterocycles. The van der Waals surface area contributed by atoms with E-state index in [0.29, 0.717) is 28.4 Å². The summed E-state index contributed by atoms with van der Waals surface area (Å²) >= 11 is 6.23. The Morgan fingerprint density at radius 1 is 1.08 bits per heavy atom. The number of anilines is 2. The van der Waals surface area contributed by atoms with Gasteiger partial charge in [-0.15, -0.1) is 0 Å². The van der Waals surface area contributed by atoms with E-state index in [2.05, 4.69) is 10.6 Å². The first-order chi connectivity index (χ1) is 18.2. The van der Waals surface area contributed by atoms with Crippen LogP contribution in [0.4, 0.5) is 16.2 Å². The monoisotopic (exact) mass is 533 g/mol. The number of nitrogens with one attached hydrogen (secondary N) is 2. The largest absolute Gasteiger partial charge is 0.478 e. The van der Waals surface area contributed by atoms with Crippen molar-refractivity contribution in [3.63, 3.8) is 0 Å². The number of fused-ring (bicyclic) bond motifs is 2. The van der Waals surface area contributed by atoms with E-state index in [0.717, 1.165) is 5.56 Å². The number of hydrogen-bond acceptors (Lipinski definition) is 5. The van der Waals surface area contributed by atoms with Gasteiger partial charge in [-0.3, -0.25) is 14.9 Å². The highest BCUT2D eigenvalue weighted by atomic mass is 35.5. The van der Waals surface area contributed by atoms with Crippen molar-refractivity contribution in [2.75, 3.05) is 23.7 Å². The minimum absolute atomic E-state index is 0.0818. The van der Waals surface area contributed by atoms with Crippen molar-refractivity contribution in [2.24, 2.45) is 5.92 Å². The van der Waals surface area contributed by atoms with E-state index in [1.165, 1.54) is 24.3 Å². The summed E-state index contributed by atoms with van der Waals surface area (Å²) in [5.41, 5.74) is 1.45. The number of carboxylic acid groups (broad SMARTS) is 1. The number of rotatable bonds is 6. The average molecular weight is 534 g/mol. The van der Waals surface area contributed by atoms with E-state index in [9.17, 15) is 19.2 Å². The first-order valence-corrected chi connectivity index (χ1v) is 12.4. The average Bonchev–Trinajstić information content (AvgIpc) is 3.32. The van der Waals surface area contributed by atoms with Gasteiger partial charge in [-0.25, -0.2) is 9.59 Å². The molecule has 2 atom stereocenters. The number of amides is 3. The van der Waals surface area contributed by atoms with Gasteiger partial charge in [0, 0.05) is 29.2 Å². The predicted molar refractivity (Wildman–Crippen MR) is 140 cm³/mol. The fourth-order valence-corrected chi connectivity index (χ4v) is 5.10. The number of benzene rings is 3. The summed E-state index contributed by atoms with van der Waals surface area (Å²) in [7, 11) is 0. The summed E-state index contributed by atoms with van der Waals surface area (Å²) in [6.07, 6.45) is -0.0977. The van der Waals surface area contributed by atoms with Crippen molar-refractivity contribution in [3.05, 3.63) is 94.5 Å². The first-order valence-electron chi connectivity index (χ1n) is 12.0. The molecule has 1 fully saturated rings. The van der Waals surface area contributed by atoms with Crippen molar-refractivity contribution < 1.29 is 29.0 Å². The van der Waals surface area contributed by atoms with Crippen LogP contribution in [0.15, 0.2) is 72.8 Å². The van der Waals surface area contributed by atoms with Gasteiger partial charge in [0.25, 0.3) is 0 Å². The summed E-state index contributed by atoms with van der Waals surface area (Å²) in [6, 6.07) is 20.0.